The number of benzene rings is 14. The van der Waals surface area contributed by atoms with E-state index in [1.165, 1.54) is 128 Å². The van der Waals surface area contributed by atoms with Gasteiger partial charge in [-0.05, 0) is 175 Å². The Labute approximate surface area is 563 Å². The maximum Gasteiger partial charge on any atom is 0.0714 e. The summed E-state index contributed by atoms with van der Waals surface area (Å²) in [5.74, 6) is 0. The molecule has 2 aliphatic carbocycles. The third kappa shape index (κ3) is 11.1. The Hall–Kier alpha value is -10.8. The molecule has 0 fully saturated rings. The molecule has 0 unspecified atom stereocenters. The fraction of sp³-hybridized carbons (Fsp3) is 0.0769. The lowest BCUT2D eigenvalue weighted by Crippen LogP contribution is -2.28. The highest BCUT2D eigenvalue weighted by molar-refractivity contribution is 9.10. The molecule has 0 atom stereocenters. The van der Waals surface area contributed by atoms with Gasteiger partial charge in [0.25, 0.3) is 0 Å². The number of fused-ring (bicyclic) bond motifs is 6. The van der Waals surface area contributed by atoms with E-state index in [0.29, 0.717) is 0 Å². The average molecular weight is 1280 g/mol. The second-order valence-electron chi connectivity index (χ2n) is 24.4. The molecule has 0 radical (unpaired) electrons. The molecule has 14 aromatic rings. The van der Waals surface area contributed by atoms with E-state index in [4.69, 9.17) is 5.73 Å². The number of hydrogen-bond donors (Lipinski definition) is 2. The molecule has 0 saturated heterocycles. The van der Waals surface area contributed by atoms with Gasteiger partial charge in [-0.1, -0.05) is 327 Å². The topological polar surface area (TPSA) is 38.0 Å². The summed E-state index contributed by atoms with van der Waals surface area (Å²) in [5.41, 5.74) is 38.8. The molecule has 3 heteroatoms. The van der Waals surface area contributed by atoms with Crippen LogP contribution in [0.4, 0.5) is 17.1 Å². The number of nitrogens with two attached hydrogens (primary N) is 1. The Morgan fingerprint density at radius 1 is 0.266 bits per heavy atom. The van der Waals surface area contributed by atoms with Gasteiger partial charge in [0, 0.05) is 43.8 Å². The number of rotatable bonds is 10. The van der Waals surface area contributed by atoms with Crippen LogP contribution in [0.2, 0.25) is 0 Å². The smallest absolute Gasteiger partial charge is 0.0714 e. The standard InChI is InChI=1S/C45H35N.C25H17Br.C20H19N.CH4/c1-31-16-9-11-22-36(31)33-28-29-42(39(30-33)37-23-12-10-17-32(37)2)46-43-27-15-26-41-44(43)38-24-13-14-25-40(38)45(41,34-18-5-3-6-19-34)35-20-7-4-8-21-35;26-23-17-9-16-22-24(23)20-14-7-8-15-21(20)25(22,18-10-3-1-4-11-18)19-12-5-2-6-13-19;1-14-7-3-5-9-17(14)16-11-12-20(21)19(13-16)18-10-6-4-8-15(18)2;/h3-30,46H,1-2H3;1-17H;3-13H,21H2,1-2H3;1H4. The fourth-order valence-electron chi connectivity index (χ4n) is 14.7. The van der Waals surface area contributed by atoms with Gasteiger partial charge in [-0.15, -0.1) is 0 Å². The van der Waals surface area contributed by atoms with Gasteiger partial charge in [-0.3, -0.25) is 0 Å². The van der Waals surface area contributed by atoms with Crippen LogP contribution in [0.3, 0.4) is 0 Å². The second kappa shape index (κ2) is 26.8. The maximum atomic E-state index is 6.21. The van der Waals surface area contributed by atoms with Crippen LogP contribution in [0.1, 0.15) is 74.2 Å². The van der Waals surface area contributed by atoms with E-state index in [9.17, 15) is 0 Å². The number of hydrogen-bond acceptors (Lipinski definition) is 2. The van der Waals surface area contributed by atoms with Crippen molar-refractivity contribution in [3.8, 4) is 66.8 Å². The molecular formula is C91H75BrN2. The van der Waals surface area contributed by atoms with E-state index < -0.39 is 5.41 Å². The first-order valence-electron chi connectivity index (χ1n) is 32.0. The van der Waals surface area contributed by atoms with Crippen LogP contribution in [-0.4, -0.2) is 0 Å². The minimum atomic E-state index is -0.431. The van der Waals surface area contributed by atoms with Gasteiger partial charge in [-0.25, -0.2) is 0 Å². The lowest BCUT2D eigenvalue weighted by molar-refractivity contribution is 0.768. The second-order valence-corrected chi connectivity index (χ2v) is 25.2. The van der Waals surface area contributed by atoms with Gasteiger partial charge < -0.3 is 11.1 Å². The highest BCUT2D eigenvalue weighted by atomic mass is 79.9. The number of nitrogens with one attached hydrogen (secondary N) is 1. The zero-order chi connectivity index (χ0) is 63.5. The summed E-state index contributed by atoms with van der Waals surface area (Å²) in [6.07, 6.45) is 0. The predicted molar refractivity (Wildman–Crippen MR) is 403 cm³/mol. The largest absolute Gasteiger partial charge is 0.398 e. The van der Waals surface area contributed by atoms with Crippen molar-refractivity contribution in [2.24, 2.45) is 0 Å². The molecule has 456 valence electrons. The maximum absolute atomic E-state index is 6.21. The Bertz CT molecular complexity index is 4930. The summed E-state index contributed by atoms with van der Waals surface area (Å²) < 4.78 is 1.15. The molecule has 3 N–H and O–H groups in total. The molecule has 0 saturated carbocycles. The van der Waals surface area contributed by atoms with Gasteiger partial charge >= 0.3 is 0 Å². The van der Waals surface area contributed by atoms with E-state index in [-0.39, 0.29) is 12.8 Å². The minimum absolute atomic E-state index is 0. The van der Waals surface area contributed by atoms with E-state index in [1.807, 2.05) is 6.07 Å². The van der Waals surface area contributed by atoms with Crippen molar-refractivity contribution in [2.45, 2.75) is 46.0 Å². The molecule has 16 rings (SSSR count). The Balaban J connectivity index is 0.000000141. The molecule has 0 bridgehead atoms. The van der Waals surface area contributed by atoms with E-state index in [0.717, 1.165) is 27.1 Å². The molecule has 0 aliphatic heterocycles. The third-order valence-electron chi connectivity index (χ3n) is 19.0. The molecule has 0 heterocycles. The van der Waals surface area contributed by atoms with Crippen molar-refractivity contribution >= 4 is 33.0 Å². The highest BCUT2D eigenvalue weighted by Crippen LogP contribution is 2.60. The van der Waals surface area contributed by atoms with Crippen molar-refractivity contribution in [3.05, 3.63) is 411 Å². The van der Waals surface area contributed by atoms with Gasteiger partial charge in [0.1, 0.15) is 0 Å². The van der Waals surface area contributed by atoms with Crippen molar-refractivity contribution in [3.63, 3.8) is 0 Å². The third-order valence-corrected chi connectivity index (χ3v) is 19.7. The molecule has 0 amide bonds. The highest BCUT2D eigenvalue weighted by Gasteiger charge is 2.48. The van der Waals surface area contributed by atoms with E-state index in [2.05, 4.69) is 383 Å². The lowest BCUT2D eigenvalue weighted by atomic mass is 9.68. The van der Waals surface area contributed by atoms with Gasteiger partial charge in [-0.2, -0.15) is 0 Å². The SMILES string of the molecule is Brc1cccc2c1-c1ccccc1C2(c1ccccc1)c1ccccc1.C.Cc1ccccc1-c1ccc(N)c(-c2ccccc2C)c1.Cc1ccccc1-c1ccc(Nc2cccc3c2-c2ccccc2C3(c2ccccc2)c2ccccc2)c(-c2ccccc2C)c1. The first kappa shape index (κ1) is 62.0. The summed E-state index contributed by atoms with van der Waals surface area (Å²) >= 11 is 3.81. The van der Waals surface area contributed by atoms with E-state index >= 15 is 0 Å². The van der Waals surface area contributed by atoms with E-state index in [1.54, 1.807) is 0 Å². The fourth-order valence-corrected chi connectivity index (χ4v) is 15.3. The lowest BCUT2D eigenvalue weighted by Gasteiger charge is -2.34. The number of halogens is 1. The van der Waals surface area contributed by atoms with Crippen LogP contribution in [0.15, 0.2) is 344 Å². The number of aryl methyl sites for hydroxylation is 4. The quantitative estimate of drug-likeness (QED) is 0.134. The van der Waals surface area contributed by atoms with Crippen molar-refractivity contribution < 1.29 is 0 Å². The Kier molecular flexibility index (Phi) is 17.7. The average Bonchev–Trinajstić information content (AvgIpc) is 1.55. The van der Waals surface area contributed by atoms with Crippen LogP contribution in [0.5, 0.6) is 0 Å². The summed E-state index contributed by atoms with van der Waals surface area (Å²) in [7, 11) is 0. The summed E-state index contributed by atoms with van der Waals surface area (Å²) in [4.78, 5) is 0. The molecule has 14 aromatic carbocycles. The van der Waals surface area contributed by atoms with Crippen LogP contribution in [-0.2, 0) is 10.8 Å². The summed E-state index contributed by atoms with van der Waals surface area (Å²) in [6, 6.07) is 122. The zero-order valence-corrected chi connectivity index (χ0v) is 54.4. The van der Waals surface area contributed by atoms with Crippen molar-refractivity contribution in [2.75, 3.05) is 11.1 Å². The predicted octanol–water partition coefficient (Wildman–Crippen LogP) is 24.4. The molecule has 2 aliphatic rings. The number of anilines is 3. The van der Waals surface area contributed by atoms with Gasteiger partial charge in [0.15, 0.2) is 0 Å². The van der Waals surface area contributed by atoms with Crippen molar-refractivity contribution in [1.29, 1.82) is 0 Å². The normalized spacial score (nSPS) is 12.4. The van der Waals surface area contributed by atoms with Crippen LogP contribution < -0.4 is 11.1 Å². The van der Waals surface area contributed by atoms with Gasteiger partial charge in [0.05, 0.1) is 10.8 Å². The van der Waals surface area contributed by atoms with Crippen LogP contribution in [0, 0.1) is 27.7 Å². The Morgan fingerprint density at radius 2 is 0.596 bits per heavy atom. The van der Waals surface area contributed by atoms with Crippen LogP contribution in [0.25, 0.3) is 66.8 Å². The molecule has 94 heavy (non-hydrogen) atoms. The van der Waals surface area contributed by atoms with Gasteiger partial charge in [0.2, 0.25) is 0 Å². The minimum Gasteiger partial charge on any atom is -0.398 e. The molecule has 2 nitrogen and oxygen atoms in total. The first-order valence-corrected chi connectivity index (χ1v) is 32.8. The monoisotopic (exact) mass is 1270 g/mol. The molecule has 0 spiro atoms. The van der Waals surface area contributed by atoms with Crippen LogP contribution >= 0.6 is 15.9 Å². The molecular weight excluding hydrogens is 1200 g/mol. The summed E-state index contributed by atoms with van der Waals surface area (Å²) in [5, 5.41) is 3.97. The van der Waals surface area contributed by atoms with Crippen molar-refractivity contribution in [1.82, 2.24) is 0 Å². The first-order chi connectivity index (χ1) is 45.7. The molecule has 0 aromatic heterocycles. The summed E-state index contributed by atoms with van der Waals surface area (Å²) in [6.45, 7) is 8.64. The number of nitrogen functional groups attached to an aromatic ring is 1. The zero-order valence-electron chi connectivity index (χ0n) is 52.8. The Morgan fingerprint density at radius 3 is 1.04 bits per heavy atom.